The van der Waals surface area contributed by atoms with Crippen LogP contribution in [0.5, 0.6) is 17.2 Å². The number of phenols is 2. The molecule has 0 saturated heterocycles. The molecule has 0 atom stereocenters. The molecule has 2 N–H and O–H groups in total. The van der Waals surface area contributed by atoms with Gasteiger partial charge in [-0.05, 0) is 0 Å². The zero-order chi connectivity index (χ0) is 37.9. The number of hydrogen-bond acceptors (Lipinski definition) is 3. The van der Waals surface area contributed by atoms with Gasteiger partial charge in [0.25, 0.3) is 0 Å². The molecule has 0 bridgehead atoms. The normalized spacial score (nSPS) is 12.2. The summed E-state index contributed by atoms with van der Waals surface area (Å²) in [6, 6.07) is 56.3. The first-order valence-corrected chi connectivity index (χ1v) is 21.0. The van der Waals surface area contributed by atoms with Crippen molar-refractivity contribution in [3.63, 3.8) is 0 Å². The molecule has 54 heavy (non-hydrogen) atoms. The fourth-order valence-electron chi connectivity index (χ4n) is 8.32. The second-order valence-electron chi connectivity index (χ2n) is 14.9. The number of aromatic hydroxyl groups is 2. The Bertz CT molecular complexity index is 2180. The van der Waals surface area contributed by atoms with Crippen molar-refractivity contribution in [1.29, 1.82) is 0 Å². The molecule has 0 spiro atoms. The molecule has 4 heteroatoms. The number of benzene rings is 7. The molecule has 3 nitrogen and oxygen atoms in total. The average molecular weight is 729 g/mol. The van der Waals surface area contributed by atoms with E-state index >= 15 is 0 Å². The molecule has 0 aromatic heterocycles. The van der Waals surface area contributed by atoms with Gasteiger partial charge in [0.15, 0.2) is 0 Å². The summed E-state index contributed by atoms with van der Waals surface area (Å²) in [6.07, 6.45) is 1.89. The van der Waals surface area contributed by atoms with Crippen LogP contribution in [0.25, 0.3) is 0 Å². The van der Waals surface area contributed by atoms with Gasteiger partial charge >= 0.3 is 322 Å². The topological polar surface area (TPSA) is 49.7 Å². The van der Waals surface area contributed by atoms with Crippen LogP contribution in [-0.2, 0) is 19.0 Å². The Morgan fingerprint density at radius 2 is 0.759 bits per heavy atom. The standard InChI is InChI=1S/C50H49O3P/c1-35-26-43(32-41-28-36(2)48(51)37(3)29-41)50(44(27-35)33-42-30-38(4)49(52)39(5)31-42)53-54(45-20-12-7-13-21-45,46-22-14-8-15-23-46,47-24-16-9-17-25-47)34-40-18-10-6-11-19-40/h6-31,51-52H,32-34H2,1-5H3. The Morgan fingerprint density at radius 1 is 0.426 bits per heavy atom. The molecule has 0 unspecified atom stereocenters. The number of phenolic OH excluding ortho intramolecular Hbond substituents is 2. The third-order valence-electron chi connectivity index (χ3n) is 10.8. The summed E-state index contributed by atoms with van der Waals surface area (Å²) in [4.78, 5) is 0. The van der Waals surface area contributed by atoms with Gasteiger partial charge in [-0.15, -0.1) is 0 Å². The third kappa shape index (κ3) is 6.81. The van der Waals surface area contributed by atoms with Crippen LogP contribution in [0.3, 0.4) is 0 Å². The van der Waals surface area contributed by atoms with E-state index in [1.807, 2.05) is 27.7 Å². The van der Waals surface area contributed by atoms with Crippen LogP contribution in [0.15, 0.2) is 158 Å². The molecule has 0 aliphatic rings. The van der Waals surface area contributed by atoms with Gasteiger partial charge in [0.2, 0.25) is 0 Å². The molecule has 0 heterocycles. The van der Waals surface area contributed by atoms with Gasteiger partial charge in [0.1, 0.15) is 0 Å². The summed E-state index contributed by atoms with van der Waals surface area (Å²) in [5.74, 6) is 1.55. The third-order valence-corrected chi connectivity index (χ3v) is 16.5. The molecule has 0 aliphatic heterocycles. The van der Waals surface area contributed by atoms with E-state index in [9.17, 15) is 10.2 Å². The van der Waals surface area contributed by atoms with Gasteiger partial charge in [-0.1, -0.05) is 0 Å². The monoisotopic (exact) mass is 728 g/mol. The van der Waals surface area contributed by atoms with E-state index in [0.29, 0.717) is 30.5 Å². The van der Waals surface area contributed by atoms with Gasteiger partial charge in [0.05, 0.1) is 0 Å². The van der Waals surface area contributed by atoms with Crippen molar-refractivity contribution >= 4 is 22.7 Å². The summed E-state index contributed by atoms with van der Waals surface area (Å²) < 4.78 is 8.41. The van der Waals surface area contributed by atoms with E-state index in [1.54, 1.807) is 0 Å². The van der Waals surface area contributed by atoms with Gasteiger partial charge in [-0.2, -0.15) is 0 Å². The molecular weight excluding hydrogens is 680 g/mol. The molecule has 0 radical (unpaired) electrons. The van der Waals surface area contributed by atoms with E-state index in [4.69, 9.17) is 4.52 Å². The summed E-state index contributed by atoms with van der Waals surface area (Å²) in [5.41, 5.74) is 10.2. The first-order valence-electron chi connectivity index (χ1n) is 18.7. The van der Waals surface area contributed by atoms with Gasteiger partial charge in [0, 0.05) is 0 Å². The first kappa shape index (κ1) is 36.7. The average Bonchev–Trinajstić information content (AvgIpc) is 3.18. The maximum absolute atomic E-state index is 10.7. The van der Waals surface area contributed by atoms with Crippen molar-refractivity contribution in [3.8, 4) is 17.2 Å². The fraction of sp³-hybridized carbons (Fsp3) is 0.160. The van der Waals surface area contributed by atoms with E-state index in [-0.39, 0.29) is 0 Å². The Balaban J connectivity index is 1.60. The second-order valence-corrected chi connectivity index (χ2v) is 19.4. The van der Waals surface area contributed by atoms with Crippen LogP contribution >= 0.6 is 6.83 Å². The second kappa shape index (κ2) is 15.0. The summed E-state index contributed by atoms with van der Waals surface area (Å²) in [6.45, 7) is 6.06. The van der Waals surface area contributed by atoms with Crippen LogP contribution < -0.4 is 20.4 Å². The van der Waals surface area contributed by atoms with Crippen molar-refractivity contribution in [2.45, 2.75) is 53.6 Å². The SMILES string of the molecule is Cc1cc(Cc2cc(C)c(O)c(C)c2)c(OP(Cc2ccccc2)(c2ccccc2)(c2ccccc2)c2ccccc2)c(Cc2cc(C)c(O)c(C)c2)c1. The van der Waals surface area contributed by atoms with Gasteiger partial charge in [-0.25, -0.2) is 0 Å². The van der Waals surface area contributed by atoms with E-state index < -0.39 is 6.83 Å². The molecule has 7 aromatic rings. The van der Waals surface area contributed by atoms with Crippen molar-refractivity contribution in [1.82, 2.24) is 0 Å². The Kier molecular flexibility index (Phi) is 10.2. The summed E-state index contributed by atoms with van der Waals surface area (Å²) >= 11 is 0. The van der Waals surface area contributed by atoms with Crippen LogP contribution in [0.2, 0.25) is 0 Å². The fourth-order valence-corrected chi connectivity index (χ4v) is 14.1. The minimum absolute atomic E-state index is 0.336. The Labute approximate surface area is 320 Å². The van der Waals surface area contributed by atoms with Crippen molar-refractivity contribution in [2.24, 2.45) is 0 Å². The van der Waals surface area contributed by atoms with Crippen LogP contribution in [-0.4, -0.2) is 10.2 Å². The molecule has 0 aliphatic carbocycles. The Morgan fingerprint density at radius 3 is 1.11 bits per heavy atom. The van der Waals surface area contributed by atoms with Crippen LogP contribution in [0.1, 0.15) is 55.6 Å². The number of aryl methyl sites for hydroxylation is 5. The van der Waals surface area contributed by atoms with Crippen LogP contribution in [0.4, 0.5) is 0 Å². The Hall–Kier alpha value is -5.63. The summed E-state index contributed by atoms with van der Waals surface area (Å²) in [5, 5.41) is 24.9. The minimum atomic E-state index is -3.96. The van der Waals surface area contributed by atoms with Crippen molar-refractivity contribution < 1.29 is 14.7 Å². The molecule has 272 valence electrons. The predicted octanol–water partition coefficient (Wildman–Crippen LogP) is 10.8. The van der Waals surface area contributed by atoms with Crippen LogP contribution in [0, 0.1) is 34.6 Å². The number of hydrogen-bond donors (Lipinski definition) is 2. The number of rotatable bonds is 11. The maximum atomic E-state index is 10.7. The zero-order valence-corrected chi connectivity index (χ0v) is 32.8. The zero-order valence-electron chi connectivity index (χ0n) is 31.9. The van der Waals surface area contributed by atoms with Gasteiger partial charge in [-0.3, -0.25) is 0 Å². The van der Waals surface area contributed by atoms with E-state index in [2.05, 4.69) is 165 Å². The van der Waals surface area contributed by atoms with E-state index in [0.717, 1.165) is 71.7 Å². The first-order chi connectivity index (χ1) is 26.1. The van der Waals surface area contributed by atoms with E-state index in [1.165, 1.54) is 5.56 Å². The predicted molar refractivity (Wildman–Crippen MR) is 228 cm³/mol. The molecule has 7 rings (SSSR count). The van der Waals surface area contributed by atoms with Gasteiger partial charge < -0.3 is 0 Å². The van der Waals surface area contributed by atoms with Crippen molar-refractivity contribution in [2.75, 3.05) is 0 Å². The van der Waals surface area contributed by atoms with Crippen molar-refractivity contribution in [3.05, 3.63) is 213 Å². The molecular formula is C50H49O3P. The summed E-state index contributed by atoms with van der Waals surface area (Å²) in [7, 11) is 0. The molecule has 0 amide bonds. The molecule has 0 fully saturated rings. The molecule has 7 aromatic carbocycles. The quantitative estimate of drug-likeness (QED) is 0.130. The molecule has 0 saturated carbocycles.